The molecule has 0 aromatic heterocycles. The molecule has 3 atom stereocenters. The molecule has 19 heavy (non-hydrogen) atoms. The van der Waals surface area contributed by atoms with Crippen LogP contribution in [-0.4, -0.2) is 29.8 Å². The fourth-order valence-corrected chi connectivity index (χ4v) is 4.16. The third-order valence-electron chi connectivity index (χ3n) is 5.19. The second-order valence-electron chi connectivity index (χ2n) is 6.58. The number of carbonyl (C=O) groups is 1. The van der Waals surface area contributed by atoms with Crippen LogP contribution in [0.5, 0.6) is 0 Å². The standard InChI is InChI=1S/C17H31NO/c1-3-5-12-18(11-4-2)15-9-10-16-14(13-15)7-6-8-17(16)19/h14-16H,3-13H2,1-2H3. The van der Waals surface area contributed by atoms with Gasteiger partial charge >= 0.3 is 0 Å². The minimum atomic E-state index is 0.430. The van der Waals surface area contributed by atoms with E-state index in [0.717, 1.165) is 18.9 Å². The van der Waals surface area contributed by atoms with Crippen LogP contribution >= 0.6 is 0 Å². The summed E-state index contributed by atoms with van der Waals surface area (Å²) in [5.74, 6) is 1.71. The van der Waals surface area contributed by atoms with E-state index in [2.05, 4.69) is 18.7 Å². The molecule has 0 aromatic carbocycles. The van der Waals surface area contributed by atoms with Gasteiger partial charge in [-0.2, -0.15) is 0 Å². The Morgan fingerprint density at radius 1 is 1.11 bits per heavy atom. The molecule has 3 unspecified atom stereocenters. The lowest BCUT2D eigenvalue weighted by Crippen LogP contribution is -2.44. The molecule has 110 valence electrons. The van der Waals surface area contributed by atoms with Gasteiger partial charge in [-0.3, -0.25) is 4.79 Å². The monoisotopic (exact) mass is 265 g/mol. The van der Waals surface area contributed by atoms with Gasteiger partial charge in [0, 0.05) is 18.4 Å². The Bertz CT molecular complexity index is 289. The number of hydrogen-bond acceptors (Lipinski definition) is 2. The van der Waals surface area contributed by atoms with Crippen molar-refractivity contribution >= 4 is 5.78 Å². The van der Waals surface area contributed by atoms with Crippen molar-refractivity contribution in [1.29, 1.82) is 0 Å². The number of ketones is 1. The number of hydrogen-bond donors (Lipinski definition) is 0. The Labute approximate surface area is 118 Å². The summed E-state index contributed by atoms with van der Waals surface area (Å²) >= 11 is 0. The van der Waals surface area contributed by atoms with E-state index in [1.54, 1.807) is 0 Å². The predicted octanol–water partition coefficient (Wildman–Crippen LogP) is 4.04. The second kappa shape index (κ2) is 7.42. The van der Waals surface area contributed by atoms with Crippen molar-refractivity contribution in [3.05, 3.63) is 0 Å². The van der Waals surface area contributed by atoms with Gasteiger partial charge in [-0.05, 0) is 64.0 Å². The molecule has 2 aliphatic carbocycles. The average Bonchev–Trinajstić information content (AvgIpc) is 2.43. The van der Waals surface area contributed by atoms with E-state index in [0.29, 0.717) is 17.6 Å². The summed E-state index contributed by atoms with van der Waals surface area (Å²) in [4.78, 5) is 14.7. The highest BCUT2D eigenvalue weighted by atomic mass is 16.1. The zero-order valence-corrected chi connectivity index (χ0v) is 12.9. The first-order valence-electron chi connectivity index (χ1n) is 8.53. The molecule has 2 rings (SSSR count). The maximum Gasteiger partial charge on any atom is 0.136 e. The molecule has 2 heteroatoms. The Morgan fingerprint density at radius 2 is 1.95 bits per heavy atom. The normalized spacial score (nSPS) is 31.5. The lowest BCUT2D eigenvalue weighted by atomic mass is 9.68. The van der Waals surface area contributed by atoms with Crippen molar-refractivity contribution in [3.63, 3.8) is 0 Å². The van der Waals surface area contributed by atoms with Gasteiger partial charge in [0.05, 0.1) is 0 Å². The van der Waals surface area contributed by atoms with Crippen LogP contribution in [0.1, 0.15) is 71.6 Å². The van der Waals surface area contributed by atoms with Crippen LogP contribution in [0.15, 0.2) is 0 Å². The van der Waals surface area contributed by atoms with Crippen LogP contribution in [-0.2, 0) is 4.79 Å². The fourth-order valence-electron chi connectivity index (χ4n) is 4.16. The van der Waals surface area contributed by atoms with E-state index in [9.17, 15) is 4.79 Å². The Kier molecular flexibility index (Phi) is 5.87. The number of rotatable bonds is 6. The van der Waals surface area contributed by atoms with Crippen molar-refractivity contribution in [1.82, 2.24) is 4.90 Å². The first kappa shape index (κ1) is 15.0. The van der Waals surface area contributed by atoms with E-state index in [-0.39, 0.29) is 0 Å². The largest absolute Gasteiger partial charge is 0.300 e. The summed E-state index contributed by atoms with van der Waals surface area (Å²) in [5, 5.41) is 0. The van der Waals surface area contributed by atoms with E-state index in [1.807, 2.05) is 0 Å². The molecule has 0 radical (unpaired) electrons. The van der Waals surface area contributed by atoms with Gasteiger partial charge in [-0.25, -0.2) is 0 Å². The molecule has 0 heterocycles. The van der Waals surface area contributed by atoms with E-state index >= 15 is 0 Å². The van der Waals surface area contributed by atoms with Crippen LogP contribution in [0.4, 0.5) is 0 Å². The summed E-state index contributed by atoms with van der Waals surface area (Å²) in [6, 6.07) is 0.763. The van der Waals surface area contributed by atoms with E-state index in [4.69, 9.17) is 0 Å². The highest BCUT2D eigenvalue weighted by Gasteiger charge is 2.38. The van der Waals surface area contributed by atoms with E-state index in [1.165, 1.54) is 58.0 Å². The Morgan fingerprint density at radius 3 is 2.68 bits per heavy atom. The maximum atomic E-state index is 12.0. The van der Waals surface area contributed by atoms with Crippen molar-refractivity contribution in [2.45, 2.75) is 77.7 Å². The van der Waals surface area contributed by atoms with Gasteiger partial charge in [-0.15, -0.1) is 0 Å². The van der Waals surface area contributed by atoms with Crippen LogP contribution in [0.25, 0.3) is 0 Å². The highest BCUT2D eigenvalue weighted by molar-refractivity contribution is 5.82. The number of Topliss-reactive ketones (excluding diaryl/α,β-unsaturated/α-hetero) is 1. The smallest absolute Gasteiger partial charge is 0.136 e. The summed E-state index contributed by atoms with van der Waals surface area (Å²) in [7, 11) is 0. The number of nitrogens with zero attached hydrogens (tertiary/aromatic N) is 1. The third kappa shape index (κ3) is 3.81. The molecule has 2 nitrogen and oxygen atoms in total. The van der Waals surface area contributed by atoms with Crippen LogP contribution in [0.2, 0.25) is 0 Å². The lowest BCUT2D eigenvalue weighted by Gasteiger charge is -2.42. The number of carbonyl (C=O) groups excluding carboxylic acids is 1. The molecule has 2 fully saturated rings. The topological polar surface area (TPSA) is 20.3 Å². The van der Waals surface area contributed by atoms with Gasteiger partial charge in [0.1, 0.15) is 5.78 Å². The highest BCUT2D eigenvalue weighted by Crippen LogP contribution is 2.40. The Balaban J connectivity index is 1.91. The molecule has 0 aliphatic heterocycles. The molecule has 0 bridgehead atoms. The number of fused-ring (bicyclic) bond motifs is 1. The molecule has 0 spiro atoms. The number of unbranched alkanes of at least 4 members (excludes halogenated alkanes) is 1. The molecular formula is C17H31NO. The van der Waals surface area contributed by atoms with E-state index < -0.39 is 0 Å². The zero-order chi connectivity index (χ0) is 13.7. The van der Waals surface area contributed by atoms with Gasteiger partial charge in [0.15, 0.2) is 0 Å². The van der Waals surface area contributed by atoms with Gasteiger partial charge in [0.2, 0.25) is 0 Å². The Hall–Kier alpha value is -0.370. The minimum absolute atomic E-state index is 0.430. The van der Waals surface area contributed by atoms with Crippen molar-refractivity contribution in [3.8, 4) is 0 Å². The SMILES string of the molecule is CCCCN(CCC)C1CCC2C(=O)CCCC2C1. The lowest BCUT2D eigenvalue weighted by molar-refractivity contribution is -0.128. The first-order chi connectivity index (χ1) is 9.26. The summed E-state index contributed by atoms with van der Waals surface area (Å²) in [6.07, 6.45) is 10.9. The second-order valence-corrected chi connectivity index (χ2v) is 6.58. The molecule has 0 aromatic rings. The fraction of sp³-hybridized carbons (Fsp3) is 0.941. The molecule has 0 N–H and O–H groups in total. The predicted molar refractivity (Wildman–Crippen MR) is 80.2 cm³/mol. The van der Waals surface area contributed by atoms with Crippen LogP contribution in [0.3, 0.4) is 0 Å². The minimum Gasteiger partial charge on any atom is -0.300 e. The molecular weight excluding hydrogens is 234 g/mol. The third-order valence-corrected chi connectivity index (χ3v) is 5.19. The van der Waals surface area contributed by atoms with Gasteiger partial charge < -0.3 is 4.90 Å². The maximum absolute atomic E-state index is 12.0. The van der Waals surface area contributed by atoms with Crippen molar-refractivity contribution in [2.75, 3.05) is 13.1 Å². The van der Waals surface area contributed by atoms with Crippen LogP contribution < -0.4 is 0 Å². The molecule has 2 saturated carbocycles. The summed E-state index contributed by atoms with van der Waals surface area (Å²) in [6.45, 7) is 7.08. The van der Waals surface area contributed by atoms with Gasteiger partial charge in [0.25, 0.3) is 0 Å². The quantitative estimate of drug-likeness (QED) is 0.722. The van der Waals surface area contributed by atoms with Gasteiger partial charge in [-0.1, -0.05) is 20.3 Å². The zero-order valence-electron chi connectivity index (χ0n) is 12.9. The summed E-state index contributed by atoms with van der Waals surface area (Å²) < 4.78 is 0. The average molecular weight is 265 g/mol. The van der Waals surface area contributed by atoms with Crippen molar-refractivity contribution < 1.29 is 4.79 Å². The first-order valence-corrected chi connectivity index (χ1v) is 8.53. The molecule has 0 amide bonds. The van der Waals surface area contributed by atoms with Crippen molar-refractivity contribution in [2.24, 2.45) is 11.8 Å². The van der Waals surface area contributed by atoms with Crippen LogP contribution in [0, 0.1) is 11.8 Å². The molecule has 2 aliphatic rings. The molecule has 0 saturated heterocycles. The summed E-state index contributed by atoms with van der Waals surface area (Å²) in [5.41, 5.74) is 0.